The summed E-state index contributed by atoms with van der Waals surface area (Å²) < 4.78 is 0. The van der Waals surface area contributed by atoms with Crippen molar-refractivity contribution in [2.24, 2.45) is 5.10 Å². The normalized spacial score (nSPS) is 18.5. The van der Waals surface area contributed by atoms with E-state index in [1.165, 1.54) is 42.8 Å². The van der Waals surface area contributed by atoms with Crippen LogP contribution in [-0.2, 0) is 11.2 Å². The molecule has 2 aliphatic heterocycles. The van der Waals surface area contributed by atoms with Crippen LogP contribution in [0.1, 0.15) is 67.1 Å². The first-order chi connectivity index (χ1) is 14.5. The molecule has 1 saturated heterocycles. The van der Waals surface area contributed by atoms with E-state index in [1.807, 2.05) is 12.1 Å². The molecule has 2 aromatic heterocycles. The number of nitrogens with zero attached hydrogens (tertiary/aromatic N) is 4. The molecule has 0 aromatic carbocycles. The van der Waals surface area contributed by atoms with Crippen molar-refractivity contribution >= 4 is 17.7 Å². The molecule has 4 rings (SSSR count). The van der Waals surface area contributed by atoms with Gasteiger partial charge in [0, 0.05) is 17.0 Å². The summed E-state index contributed by atoms with van der Waals surface area (Å²) in [5.41, 5.74) is 9.39. The molecule has 0 aliphatic carbocycles. The van der Waals surface area contributed by atoms with E-state index < -0.39 is 0 Å². The summed E-state index contributed by atoms with van der Waals surface area (Å²) in [6.45, 7) is 10.2. The number of amides is 1. The van der Waals surface area contributed by atoms with E-state index in [-0.39, 0.29) is 5.91 Å². The quantitative estimate of drug-likeness (QED) is 0.692. The lowest BCUT2D eigenvalue weighted by atomic mass is 9.93. The van der Waals surface area contributed by atoms with Crippen molar-refractivity contribution in [2.45, 2.75) is 52.4 Å². The Morgan fingerprint density at radius 1 is 1.23 bits per heavy atom. The van der Waals surface area contributed by atoms with Crippen LogP contribution < -0.4 is 5.43 Å². The molecular formula is C23H30N6O. The molecule has 7 heteroatoms. The monoisotopic (exact) mass is 406 g/mol. The van der Waals surface area contributed by atoms with Crippen LogP contribution in [0.3, 0.4) is 0 Å². The molecule has 30 heavy (non-hydrogen) atoms. The molecule has 1 amide bonds. The van der Waals surface area contributed by atoms with Crippen molar-refractivity contribution in [2.75, 3.05) is 19.6 Å². The highest BCUT2D eigenvalue weighted by atomic mass is 16.2. The van der Waals surface area contributed by atoms with E-state index in [4.69, 9.17) is 0 Å². The molecule has 0 radical (unpaired) electrons. The van der Waals surface area contributed by atoms with Gasteiger partial charge in [-0.15, -0.1) is 0 Å². The van der Waals surface area contributed by atoms with Crippen molar-refractivity contribution in [3.05, 3.63) is 52.1 Å². The van der Waals surface area contributed by atoms with Gasteiger partial charge < -0.3 is 9.88 Å². The molecule has 0 spiro atoms. The summed E-state index contributed by atoms with van der Waals surface area (Å²) >= 11 is 0. The SMILES string of the molecule is Cc1[nH]c(/C=C2/C(=O)NN=C2c2ccnnc2)c(C(C)C)c1CCCN1CCCC1. The first-order valence-electron chi connectivity index (χ1n) is 10.9. The smallest absolute Gasteiger partial charge is 0.273 e. The second-order valence-corrected chi connectivity index (χ2v) is 8.45. The predicted octanol–water partition coefficient (Wildman–Crippen LogP) is 3.18. The van der Waals surface area contributed by atoms with E-state index in [2.05, 4.69) is 51.4 Å². The molecule has 0 bridgehead atoms. The second kappa shape index (κ2) is 8.92. The zero-order valence-electron chi connectivity index (χ0n) is 18.0. The number of nitrogens with one attached hydrogen (secondary N) is 2. The van der Waals surface area contributed by atoms with Crippen LogP contribution in [0.25, 0.3) is 6.08 Å². The second-order valence-electron chi connectivity index (χ2n) is 8.45. The molecule has 1 fully saturated rings. The maximum atomic E-state index is 12.5. The van der Waals surface area contributed by atoms with E-state index in [0.29, 0.717) is 17.2 Å². The number of H-pyrrole nitrogens is 1. The van der Waals surface area contributed by atoms with Crippen molar-refractivity contribution < 1.29 is 4.79 Å². The summed E-state index contributed by atoms with van der Waals surface area (Å²) in [5, 5.41) is 12.0. The number of hydrazone groups is 1. The lowest BCUT2D eigenvalue weighted by Gasteiger charge is -2.15. The summed E-state index contributed by atoms with van der Waals surface area (Å²) in [4.78, 5) is 18.6. The fraction of sp³-hybridized carbons (Fsp3) is 0.478. The number of hydrogen-bond acceptors (Lipinski definition) is 5. The highest BCUT2D eigenvalue weighted by Crippen LogP contribution is 2.30. The number of aromatic amines is 1. The van der Waals surface area contributed by atoms with Crippen LogP contribution in [0.2, 0.25) is 0 Å². The van der Waals surface area contributed by atoms with Gasteiger partial charge in [0.05, 0.1) is 18.0 Å². The Kier molecular flexibility index (Phi) is 6.08. The fourth-order valence-electron chi connectivity index (χ4n) is 4.55. The van der Waals surface area contributed by atoms with Crippen molar-refractivity contribution in [3.8, 4) is 0 Å². The molecular weight excluding hydrogens is 376 g/mol. The van der Waals surface area contributed by atoms with Gasteiger partial charge in [-0.05, 0) is 81.4 Å². The van der Waals surface area contributed by atoms with Gasteiger partial charge in [0.2, 0.25) is 0 Å². The highest BCUT2D eigenvalue weighted by molar-refractivity contribution is 6.33. The van der Waals surface area contributed by atoms with Crippen molar-refractivity contribution in [3.63, 3.8) is 0 Å². The lowest BCUT2D eigenvalue weighted by molar-refractivity contribution is -0.116. The Balaban J connectivity index is 1.61. The standard InChI is InChI=1S/C23H30N6O/c1-15(2)21-18(7-6-12-29-10-4-5-11-29)16(3)26-20(21)13-19-22(27-28-23(19)30)17-8-9-24-25-14-17/h8-9,13-15,26H,4-7,10-12H2,1-3H3,(H,28,30)/b19-13+. The number of aromatic nitrogens is 3. The topological polar surface area (TPSA) is 86.3 Å². The number of rotatable bonds is 7. The number of carbonyl (C=O) groups is 1. The fourth-order valence-corrected chi connectivity index (χ4v) is 4.55. The molecule has 2 aliphatic rings. The predicted molar refractivity (Wildman–Crippen MR) is 118 cm³/mol. The van der Waals surface area contributed by atoms with Crippen molar-refractivity contribution in [1.82, 2.24) is 25.5 Å². The average Bonchev–Trinajstić information content (AvgIpc) is 3.44. The summed E-state index contributed by atoms with van der Waals surface area (Å²) in [6, 6.07) is 1.81. The molecule has 0 saturated carbocycles. The highest BCUT2D eigenvalue weighted by Gasteiger charge is 2.26. The third kappa shape index (κ3) is 4.21. The van der Waals surface area contributed by atoms with E-state index in [0.717, 1.165) is 30.6 Å². The van der Waals surface area contributed by atoms with Gasteiger partial charge >= 0.3 is 0 Å². The van der Waals surface area contributed by atoms with Crippen LogP contribution in [0, 0.1) is 6.92 Å². The third-order valence-electron chi connectivity index (χ3n) is 5.98. The van der Waals surface area contributed by atoms with Gasteiger partial charge in [-0.1, -0.05) is 13.8 Å². The summed E-state index contributed by atoms with van der Waals surface area (Å²) in [6.07, 6.45) is 10.0. The Labute approximate surface area is 177 Å². The Hall–Kier alpha value is -2.80. The van der Waals surface area contributed by atoms with Crippen molar-refractivity contribution in [1.29, 1.82) is 0 Å². The molecule has 158 valence electrons. The number of hydrogen-bond donors (Lipinski definition) is 2. The van der Waals surface area contributed by atoms with Gasteiger partial charge in [-0.2, -0.15) is 15.3 Å². The molecule has 7 nitrogen and oxygen atoms in total. The minimum absolute atomic E-state index is 0.195. The zero-order chi connectivity index (χ0) is 21.1. The Morgan fingerprint density at radius 3 is 2.73 bits per heavy atom. The van der Waals surface area contributed by atoms with Crippen LogP contribution in [0.15, 0.2) is 29.1 Å². The Morgan fingerprint density at radius 2 is 2.03 bits per heavy atom. The van der Waals surface area contributed by atoms with Gasteiger partial charge in [0.1, 0.15) is 5.71 Å². The molecule has 2 N–H and O–H groups in total. The minimum atomic E-state index is -0.195. The molecule has 0 atom stereocenters. The first-order valence-corrected chi connectivity index (χ1v) is 10.9. The minimum Gasteiger partial charge on any atom is -0.359 e. The first kappa shape index (κ1) is 20.5. The van der Waals surface area contributed by atoms with E-state index in [1.54, 1.807) is 12.4 Å². The zero-order valence-corrected chi connectivity index (χ0v) is 18.0. The average molecular weight is 407 g/mol. The van der Waals surface area contributed by atoms with Gasteiger partial charge in [0.15, 0.2) is 0 Å². The Bertz CT molecular complexity index is 967. The third-order valence-corrected chi connectivity index (χ3v) is 5.98. The van der Waals surface area contributed by atoms with Crippen LogP contribution >= 0.6 is 0 Å². The number of likely N-dealkylation sites (tertiary alicyclic amines) is 1. The number of carbonyl (C=O) groups excluding carboxylic acids is 1. The van der Waals surface area contributed by atoms with Gasteiger partial charge in [-0.25, -0.2) is 5.43 Å². The summed E-state index contributed by atoms with van der Waals surface area (Å²) in [5.74, 6) is 0.162. The largest absolute Gasteiger partial charge is 0.359 e. The maximum absolute atomic E-state index is 12.5. The van der Waals surface area contributed by atoms with E-state index in [9.17, 15) is 4.79 Å². The van der Waals surface area contributed by atoms with Crippen LogP contribution in [0.5, 0.6) is 0 Å². The molecule has 0 unspecified atom stereocenters. The van der Waals surface area contributed by atoms with E-state index >= 15 is 0 Å². The lowest BCUT2D eigenvalue weighted by Crippen LogP contribution is -2.20. The molecule has 4 heterocycles. The van der Waals surface area contributed by atoms with Crippen LogP contribution in [-0.4, -0.2) is 51.3 Å². The number of aryl methyl sites for hydroxylation is 1. The summed E-state index contributed by atoms with van der Waals surface area (Å²) in [7, 11) is 0. The van der Waals surface area contributed by atoms with Gasteiger partial charge in [-0.3, -0.25) is 4.79 Å². The van der Waals surface area contributed by atoms with Gasteiger partial charge in [0.25, 0.3) is 5.91 Å². The van der Waals surface area contributed by atoms with Crippen LogP contribution in [0.4, 0.5) is 0 Å². The molecule has 2 aromatic rings. The maximum Gasteiger partial charge on any atom is 0.273 e.